The van der Waals surface area contributed by atoms with E-state index in [1.807, 2.05) is 0 Å². The summed E-state index contributed by atoms with van der Waals surface area (Å²) in [6.07, 6.45) is -2.27. The lowest BCUT2D eigenvalue weighted by molar-refractivity contribution is -0.137. The highest BCUT2D eigenvalue weighted by atomic mass is 31.2. The molecule has 2 aliphatic heterocycles. The van der Waals surface area contributed by atoms with E-state index >= 15 is 0 Å². The zero-order valence-electron chi connectivity index (χ0n) is 13.1. The number of carboxylic acids is 1. The topological polar surface area (TPSA) is 141 Å². The van der Waals surface area contributed by atoms with Gasteiger partial charge in [-0.1, -0.05) is 0 Å². The molecule has 0 unspecified atom stereocenters. The monoisotopic (exact) mass is 370 g/mol. The zero-order valence-corrected chi connectivity index (χ0v) is 14.0. The maximum Gasteiger partial charge on any atom is 0.475 e. The van der Waals surface area contributed by atoms with Crippen molar-refractivity contribution in [2.45, 2.75) is 43.7 Å². The van der Waals surface area contributed by atoms with Crippen molar-refractivity contribution in [1.82, 2.24) is 0 Å². The van der Waals surface area contributed by atoms with Crippen LogP contribution in [0.15, 0.2) is 0 Å². The Morgan fingerprint density at radius 2 is 1.88 bits per heavy atom. The van der Waals surface area contributed by atoms with E-state index in [1.54, 1.807) is 0 Å². The molecular weight excluding hydrogens is 347 g/mol. The maximum atomic E-state index is 12.7. The largest absolute Gasteiger partial charge is 0.481 e. The van der Waals surface area contributed by atoms with E-state index in [4.69, 9.17) is 28.2 Å². The predicted molar refractivity (Wildman–Crippen MR) is 78.4 cm³/mol. The van der Waals surface area contributed by atoms with Gasteiger partial charge in [0.25, 0.3) is 0 Å². The molecule has 0 aromatic rings. The van der Waals surface area contributed by atoms with Crippen LogP contribution in [-0.4, -0.2) is 78.7 Å². The summed E-state index contributed by atoms with van der Waals surface area (Å²) in [7, 11) is -4.10. The number of aliphatic hydroxyl groups excluding tert-OH is 2. The van der Waals surface area contributed by atoms with E-state index in [1.165, 1.54) is 0 Å². The van der Waals surface area contributed by atoms with Crippen molar-refractivity contribution in [2.75, 3.05) is 33.0 Å². The van der Waals surface area contributed by atoms with Crippen LogP contribution in [0, 0.1) is 0 Å². The quantitative estimate of drug-likeness (QED) is 0.447. The van der Waals surface area contributed by atoms with Gasteiger partial charge in [0.1, 0.15) is 18.3 Å². The number of carbonyl (C=O) groups is 1. The minimum atomic E-state index is -4.10. The summed E-state index contributed by atoms with van der Waals surface area (Å²) < 4.78 is 38.9. The molecule has 0 aliphatic carbocycles. The van der Waals surface area contributed by atoms with Crippen molar-refractivity contribution in [3.8, 4) is 0 Å². The van der Waals surface area contributed by atoms with Crippen molar-refractivity contribution in [2.24, 2.45) is 0 Å². The summed E-state index contributed by atoms with van der Waals surface area (Å²) in [6.45, 7) is -0.204. The Bertz CT molecular complexity index is 458. The maximum absolute atomic E-state index is 12.7. The van der Waals surface area contributed by atoms with Gasteiger partial charge < -0.3 is 24.8 Å². The molecule has 0 saturated carbocycles. The molecule has 0 spiro atoms. The smallest absolute Gasteiger partial charge is 0.475 e. The molecule has 0 amide bonds. The van der Waals surface area contributed by atoms with Gasteiger partial charge in [-0.3, -0.25) is 18.4 Å². The Balaban J connectivity index is 1.94. The van der Waals surface area contributed by atoms with Gasteiger partial charge >= 0.3 is 13.8 Å². The zero-order chi connectivity index (χ0) is 17.6. The van der Waals surface area contributed by atoms with Gasteiger partial charge in [0, 0.05) is 19.6 Å². The van der Waals surface area contributed by atoms with Crippen LogP contribution in [0.5, 0.6) is 0 Å². The lowest BCUT2D eigenvalue weighted by Crippen LogP contribution is -2.29. The van der Waals surface area contributed by atoms with Crippen LogP contribution in [-0.2, 0) is 32.4 Å². The minimum absolute atomic E-state index is 0.219. The molecule has 2 aliphatic rings. The molecule has 0 radical (unpaired) electrons. The van der Waals surface area contributed by atoms with Crippen LogP contribution in [0.4, 0.5) is 0 Å². The van der Waals surface area contributed by atoms with E-state index < -0.39 is 38.2 Å². The van der Waals surface area contributed by atoms with Crippen LogP contribution < -0.4 is 0 Å². The summed E-state index contributed by atoms with van der Waals surface area (Å²) >= 11 is 0. The summed E-state index contributed by atoms with van der Waals surface area (Å²) in [5.74, 6) is -1.12. The Hall–Kier alpha value is -0.580. The molecule has 3 N–H and O–H groups in total. The van der Waals surface area contributed by atoms with Gasteiger partial charge in [-0.05, 0) is 6.42 Å². The van der Waals surface area contributed by atoms with E-state index in [2.05, 4.69) is 0 Å². The average molecular weight is 370 g/mol. The molecule has 140 valence electrons. The summed E-state index contributed by atoms with van der Waals surface area (Å²) in [4.78, 5) is 10.6. The van der Waals surface area contributed by atoms with Crippen LogP contribution in [0.1, 0.15) is 19.3 Å². The average Bonchev–Trinajstić information content (AvgIpc) is 3.13. The number of hydrogen-bond donors (Lipinski definition) is 3. The van der Waals surface area contributed by atoms with Crippen molar-refractivity contribution in [3.05, 3.63) is 0 Å². The number of carboxylic acid groups (broad SMARTS) is 1. The second kappa shape index (κ2) is 9.21. The van der Waals surface area contributed by atoms with E-state index in [0.717, 1.165) is 0 Å². The fourth-order valence-corrected chi connectivity index (χ4v) is 3.80. The van der Waals surface area contributed by atoms with Crippen molar-refractivity contribution in [3.63, 3.8) is 0 Å². The van der Waals surface area contributed by atoms with Crippen LogP contribution in [0.2, 0.25) is 0 Å². The van der Waals surface area contributed by atoms with Crippen LogP contribution in [0.3, 0.4) is 0 Å². The van der Waals surface area contributed by atoms with Gasteiger partial charge in [0.15, 0.2) is 0 Å². The lowest BCUT2D eigenvalue weighted by Gasteiger charge is -2.25. The minimum Gasteiger partial charge on any atom is -0.481 e. The molecular formula is C13H23O10P. The van der Waals surface area contributed by atoms with E-state index in [0.29, 0.717) is 26.1 Å². The normalized spacial score (nSPS) is 32.8. The third-order valence-electron chi connectivity index (χ3n) is 3.73. The first-order valence-electron chi connectivity index (χ1n) is 7.75. The van der Waals surface area contributed by atoms with Crippen LogP contribution in [0.25, 0.3) is 0 Å². The molecule has 2 fully saturated rings. The van der Waals surface area contributed by atoms with E-state index in [-0.39, 0.29) is 26.2 Å². The highest BCUT2D eigenvalue weighted by Gasteiger charge is 2.39. The number of hydrogen-bond acceptors (Lipinski definition) is 9. The molecule has 0 aromatic heterocycles. The number of phosphoric acid groups is 1. The summed E-state index contributed by atoms with van der Waals surface area (Å²) in [6, 6.07) is 0. The number of rotatable bonds is 10. The molecule has 0 bridgehead atoms. The molecule has 5 atom stereocenters. The molecule has 0 aromatic carbocycles. The van der Waals surface area contributed by atoms with Crippen molar-refractivity contribution >= 4 is 13.8 Å². The fraction of sp³-hybridized carbons (Fsp3) is 0.923. The molecule has 2 rings (SSSR count). The lowest BCUT2D eigenvalue weighted by atomic mass is 10.2. The third-order valence-corrected chi connectivity index (χ3v) is 5.22. The van der Waals surface area contributed by atoms with Gasteiger partial charge in [-0.15, -0.1) is 0 Å². The van der Waals surface area contributed by atoms with Gasteiger partial charge in [-0.2, -0.15) is 0 Å². The Labute approximate surface area is 139 Å². The first-order valence-corrected chi connectivity index (χ1v) is 9.21. The van der Waals surface area contributed by atoms with Crippen LogP contribution >= 0.6 is 7.82 Å². The van der Waals surface area contributed by atoms with Gasteiger partial charge in [-0.25, -0.2) is 4.57 Å². The first-order chi connectivity index (χ1) is 11.4. The van der Waals surface area contributed by atoms with E-state index in [9.17, 15) is 19.6 Å². The summed E-state index contributed by atoms with van der Waals surface area (Å²) in [5, 5.41) is 27.6. The number of ether oxygens (including phenoxy) is 2. The Kier molecular flexibility index (Phi) is 7.58. The van der Waals surface area contributed by atoms with Gasteiger partial charge in [0.05, 0.1) is 32.3 Å². The molecule has 2 saturated heterocycles. The number of aliphatic carboxylic acids is 1. The molecule has 24 heavy (non-hydrogen) atoms. The number of aliphatic hydroxyl groups is 2. The SMILES string of the molecule is O=C(O)CCO[P@@](=O)(OC[C@H]1OCC[C@H]1O)O[C@@H]1CCO[C@@H]1CO. The second-order valence-electron chi connectivity index (χ2n) is 5.51. The highest BCUT2D eigenvalue weighted by molar-refractivity contribution is 7.48. The van der Waals surface area contributed by atoms with Crippen molar-refractivity contribution in [1.29, 1.82) is 0 Å². The third kappa shape index (κ3) is 5.75. The first kappa shape index (κ1) is 19.7. The standard InChI is InChI=1S/C13H23O10P/c14-7-11-10(2-5-19-11)23-24(18,21-6-3-13(16)17)22-8-12-9(15)1-4-20-12/h9-12,14-15H,1-8H2,(H,16,17)/t9-,10-,11-,12-,24+/m1/s1. The highest BCUT2D eigenvalue weighted by Crippen LogP contribution is 2.52. The number of phosphoric ester groups is 1. The molecule has 11 heteroatoms. The van der Waals surface area contributed by atoms with Crippen molar-refractivity contribution < 1.29 is 47.7 Å². The van der Waals surface area contributed by atoms with Gasteiger partial charge in [0.2, 0.25) is 0 Å². The predicted octanol–water partition coefficient (Wildman–Crippen LogP) is -0.0814. The Morgan fingerprint density at radius 3 is 2.50 bits per heavy atom. The fourth-order valence-electron chi connectivity index (χ4n) is 2.39. The molecule has 10 nitrogen and oxygen atoms in total. The Morgan fingerprint density at radius 1 is 1.17 bits per heavy atom. The second-order valence-corrected chi connectivity index (χ2v) is 7.13. The molecule has 2 heterocycles. The summed E-state index contributed by atoms with van der Waals surface area (Å²) in [5.41, 5.74) is 0.